The van der Waals surface area contributed by atoms with Gasteiger partial charge >= 0.3 is 5.97 Å². The first-order chi connectivity index (χ1) is 7.90. The molecule has 0 spiro atoms. The second-order valence-electron chi connectivity index (χ2n) is 3.83. The molecule has 1 aromatic rings. The van der Waals surface area contributed by atoms with Crippen molar-refractivity contribution in [1.29, 1.82) is 0 Å². The zero-order chi connectivity index (χ0) is 13.2. The Morgan fingerprint density at radius 1 is 1.41 bits per heavy atom. The third-order valence-electron chi connectivity index (χ3n) is 2.52. The van der Waals surface area contributed by atoms with Crippen LogP contribution in [-0.2, 0) is 4.74 Å². The SMILES string of the molecule is CCOC(=O)c1c(C)[nH]c(C(=O)[C@H](C)Cl)c1C. The molecular weight excluding hydrogens is 242 g/mol. The van der Waals surface area contributed by atoms with E-state index in [0.29, 0.717) is 29.1 Å². The van der Waals surface area contributed by atoms with E-state index in [9.17, 15) is 9.59 Å². The molecule has 0 aliphatic heterocycles. The van der Waals surface area contributed by atoms with Gasteiger partial charge in [0.05, 0.1) is 23.2 Å². The minimum Gasteiger partial charge on any atom is -0.462 e. The zero-order valence-corrected chi connectivity index (χ0v) is 11.1. The molecule has 17 heavy (non-hydrogen) atoms. The van der Waals surface area contributed by atoms with Gasteiger partial charge in [-0.15, -0.1) is 11.6 Å². The maximum atomic E-state index is 11.8. The number of H-pyrrole nitrogens is 1. The Morgan fingerprint density at radius 3 is 2.47 bits per heavy atom. The lowest BCUT2D eigenvalue weighted by Gasteiger charge is -2.03. The number of rotatable bonds is 4. The third-order valence-corrected chi connectivity index (χ3v) is 2.72. The highest BCUT2D eigenvalue weighted by atomic mass is 35.5. The van der Waals surface area contributed by atoms with Crippen LogP contribution in [0.15, 0.2) is 0 Å². The summed E-state index contributed by atoms with van der Waals surface area (Å²) in [7, 11) is 0. The fraction of sp³-hybridized carbons (Fsp3) is 0.500. The minimum atomic E-state index is -0.623. The van der Waals surface area contributed by atoms with E-state index in [1.165, 1.54) is 0 Å². The Kier molecular flexibility index (Phi) is 4.34. The number of nitrogens with one attached hydrogen (secondary N) is 1. The van der Waals surface area contributed by atoms with Crippen LogP contribution in [0.25, 0.3) is 0 Å². The van der Waals surface area contributed by atoms with Gasteiger partial charge in [-0.1, -0.05) is 0 Å². The number of aromatic nitrogens is 1. The number of carbonyl (C=O) groups is 2. The Balaban J connectivity index is 3.19. The van der Waals surface area contributed by atoms with Crippen LogP contribution in [0.5, 0.6) is 0 Å². The van der Waals surface area contributed by atoms with Gasteiger partial charge in [0, 0.05) is 5.69 Å². The summed E-state index contributed by atoms with van der Waals surface area (Å²) < 4.78 is 4.94. The molecule has 94 valence electrons. The van der Waals surface area contributed by atoms with Gasteiger partial charge in [0.1, 0.15) is 0 Å². The number of ketones is 1. The summed E-state index contributed by atoms with van der Waals surface area (Å²) in [6, 6.07) is 0. The second kappa shape index (κ2) is 5.36. The van der Waals surface area contributed by atoms with Gasteiger partial charge in [-0.2, -0.15) is 0 Å². The molecule has 1 N–H and O–H groups in total. The maximum Gasteiger partial charge on any atom is 0.340 e. The van der Waals surface area contributed by atoms with Gasteiger partial charge in [-0.05, 0) is 33.3 Å². The lowest BCUT2D eigenvalue weighted by atomic mass is 10.1. The highest BCUT2D eigenvalue weighted by Crippen LogP contribution is 2.21. The van der Waals surface area contributed by atoms with Crippen molar-refractivity contribution in [3.8, 4) is 0 Å². The van der Waals surface area contributed by atoms with E-state index < -0.39 is 11.3 Å². The van der Waals surface area contributed by atoms with Crippen molar-refractivity contribution < 1.29 is 14.3 Å². The van der Waals surface area contributed by atoms with Gasteiger partial charge in [0.15, 0.2) is 5.78 Å². The molecule has 0 saturated carbocycles. The molecule has 0 aromatic carbocycles. The van der Waals surface area contributed by atoms with E-state index >= 15 is 0 Å². The van der Waals surface area contributed by atoms with Crippen molar-refractivity contribution >= 4 is 23.4 Å². The number of carbonyl (C=O) groups excluding carboxylic acids is 2. The third kappa shape index (κ3) is 2.69. The number of Topliss-reactive ketones (excluding diaryl/α,β-unsaturated/α-hetero) is 1. The summed E-state index contributed by atoms with van der Waals surface area (Å²) in [6.45, 7) is 7.08. The van der Waals surface area contributed by atoms with E-state index in [2.05, 4.69) is 4.98 Å². The summed E-state index contributed by atoms with van der Waals surface area (Å²) in [5.74, 6) is -0.636. The minimum absolute atomic E-state index is 0.220. The number of alkyl halides is 1. The average molecular weight is 258 g/mol. The maximum absolute atomic E-state index is 11.8. The molecule has 0 amide bonds. The van der Waals surface area contributed by atoms with Gasteiger partial charge in [-0.25, -0.2) is 4.79 Å². The molecule has 0 saturated heterocycles. The van der Waals surface area contributed by atoms with Crippen molar-refractivity contribution in [2.75, 3.05) is 6.61 Å². The topological polar surface area (TPSA) is 59.2 Å². The molecule has 0 unspecified atom stereocenters. The molecule has 0 aliphatic rings. The Hall–Kier alpha value is -1.29. The van der Waals surface area contributed by atoms with Crippen LogP contribution in [0, 0.1) is 13.8 Å². The van der Waals surface area contributed by atoms with Crippen molar-refractivity contribution in [3.05, 3.63) is 22.5 Å². The second-order valence-corrected chi connectivity index (χ2v) is 4.48. The Morgan fingerprint density at radius 2 is 2.00 bits per heavy atom. The molecule has 0 aliphatic carbocycles. The first kappa shape index (κ1) is 13.8. The van der Waals surface area contributed by atoms with E-state index in [4.69, 9.17) is 16.3 Å². The van der Waals surface area contributed by atoms with Crippen molar-refractivity contribution in [1.82, 2.24) is 4.98 Å². The summed E-state index contributed by atoms with van der Waals surface area (Å²) in [5, 5.41) is -0.623. The van der Waals surface area contributed by atoms with Gasteiger partial charge in [0.2, 0.25) is 0 Å². The Labute approximate surface area is 105 Å². The summed E-state index contributed by atoms with van der Waals surface area (Å²) in [6.07, 6.45) is 0. The molecule has 0 radical (unpaired) electrons. The standard InChI is InChI=1S/C12H16ClNO3/c1-5-17-12(16)9-6(2)10(14-8(9)4)11(15)7(3)13/h7,14H,5H2,1-4H3/t7-/m0/s1. The predicted octanol–water partition coefficient (Wildman–Crippen LogP) is 2.62. The van der Waals surface area contributed by atoms with Crippen molar-refractivity contribution in [2.45, 2.75) is 33.1 Å². The van der Waals surface area contributed by atoms with E-state index in [1.54, 1.807) is 27.7 Å². The molecule has 0 fully saturated rings. The molecule has 4 nitrogen and oxygen atoms in total. The lowest BCUT2D eigenvalue weighted by molar-refractivity contribution is 0.0525. The summed E-state index contributed by atoms with van der Waals surface area (Å²) in [4.78, 5) is 26.4. The van der Waals surface area contributed by atoms with Crippen LogP contribution in [0.4, 0.5) is 0 Å². The highest BCUT2D eigenvalue weighted by molar-refractivity contribution is 6.33. The quantitative estimate of drug-likeness (QED) is 0.512. The van der Waals surface area contributed by atoms with Gasteiger partial charge < -0.3 is 9.72 Å². The van der Waals surface area contributed by atoms with Gasteiger partial charge in [0.25, 0.3) is 0 Å². The van der Waals surface area contributed by atoms with Crippen LogP contribution < -0.4 is 0 Å². The van der Waals surface area contributed by atoms with Crippen molar-refractivity contribution in [3.63, 3.8) is 0 Å². The number of aryl methyl sites for hydroxylation is 1. The Bertz CT molecular complexity index is 449. The number of hydrogen-bond donors (Lipinski definition) is 1. The molecule has 0 bridgehead atoms. The molecular formula is C12H16ClNO3. The smallest absolute Gasteiger partial charge is 0.340 e. The lowest BCUT2D eigenvalue weighted by Crippen LogP contribution is -2.13. The van der Waals surface area contributed by atoms with Crippen LogP contribution in [0.3, 0.4) is 0 Å². The molecule has 1 aromatic heterocycles. The van der Waals surface area contributed by atoms with E-state index in [-0.39, 0.29) is 5.78 Å². The summed E-state index contributed by atoms with van der Waals surface area (Å²) in [5.41, 5.74) is 2.03. The molecule has 1 rings (SSSR count). The van der Waals surface area contributed by atoms with Crippen LogP contribution in [-0.4, -0.2) is 28.7 Å². The zero-order valence-electron chi connectivity index (χ0n) is 10.4. The first-order valence-corrected chi connectivity index (χ1v) is 5.88. The normalized spacial score (nSPS) is 12.3. The first-order valence-electron chi connectivity index (χ1n) is 5.44. The largest absolute Gasteiger partial charge is 0.462 e. The number of aromatic amines is 1. The summed E-state index contributed by atoms with van der Waals surface area (Å²) >= 11 is 5.75. The van der Waals surface area contributed by atoms with E-state index in [0.717, 1.165) is 0 Å². The highest BCUT2D eigenvalue weighted by Gasteiger charge is 2.24. The van der Waals surface area contributed by atoms with Crippen LogP contribution in [0.1, 0.15) is 46.0 Å². The van der Waals surface area contributed by atoms with Gasteiger partial charge in [-0.3, -0.25) is 4.79 Å². The van der Waals surface area contributed by atoms with Crippen molar-refractivity contribution in [2.24, 2.45) is 0 Å². The average Bonchev–Trinajstić information content (AvgIpc) is 2.53. The molecule has 1 heterocycles. The van der Waals surface area contributed by atoms with Crippen LogP contribution in [0.2, 0.25) is 0 Å². The number of hydrogen-bond acceptors (Lipinski definition) is 3. The fourth-order valence-corrected chi connectivity index (χ4v) is 1.81. The van der Waals surface area contributed by atoms with Crippen LogP contribution >= 0.6 is 11.6 Å². The fourth-order valence-electron chi connectivity index (χ4n) is 1.70. The monoisotopic (exact) mass is 257 g/mol. The number of ether oxygens (including phenoxy) is 1. The number of halogens is 1. The predicted molar refractivity (Wildman–Crippen MR) is 65.9 cm³/mol. The number of esters is 1. The van der Waals surface area contributed by atoms with E-state index in [1.807, 2.05) is 0 Å². The molecule has 1 atom stereocenters. The molecule has 5 heteroatoms.